The first-order chi connectivity index (χ1) is 18.5. The van der Waals surface area contributed by atoms with Gasteiger partial charge in [0.1, 0.15) is 24.2 Å². The maximum Gasteiger partial charge on any atom is 0.253 e. The van der Waals surface area contributed by atoms with Gasteiger partial charge < -0.3 is 20.1 Å². The first kappa shape index (κ1) is 26.5. The van der Waals surface area contributed by atoms with E-state index in [1.807, 2.05) is 25.1 Å². The van der Waals surface area contributed by atoms with E-state index in [9.17, 15) is 15.2 Å². The smallest absolute Gasteiger partial charge is 0.253 e. The number of pyridine rings is 2. The molecule has 1 unspecified atom stereocenters. The lowest BCUT2D eigenvalue weighted by Crippen LogP contribution is -2.48. The van der Waals surface area contributed by atoms with Gasteiger partial charge in [0.15, 0.2) is 0 Å². The summed E-state index contributed by atoms with van der Waals surface area (Å²) < 4.78 is 7.42. The molecule has 1 amide bonds. The molecule has 1 fully saturated rings. The molecule has 0 aliphatic carbocycles. The zero-order valence-corrected chi connectivity index (χ0v) is 22.7. The number of ether oxygens (including phenoxy) is 1. The van der Waals surface area contributed by atoms with E-state index in [-0.39, 0.29) is 12.5 Å². The molecule has 4 aromatic rings. The number of nitriles is 1. The molecular weight excluding hydrogens is 516 g/mol. The highest BCUT2D eigenvalue weighted by molar-refractivity contribution is 6.33. The summed E-state index contributed by atoms with van der Waals surface area (Å²) in [5, 5.41) is 27.6. The third-order valence-corrected chi connectivity index (χ3v) is 7.02. The van der Waals surface area contributed by atoms with Crippen LogP contribution in [-0.2, 0) is 0 Å². The lowest BCUT2D eigenvalue weighted by molar-refractivity contribution is 0.0283. The van der Waals surface area contributed by atoms with Gasteiger partial charge in [0.2, 0.25) is 0 Å². The Labute approximate surface area is 231 Å². The Morgan fingerprint density at radius 2 is 2.08 bits per heavy atom. The van der Waals surface area contributed by atoms with Crippen LogP contribution in [0.15, 0.2) is 61.1 Å². The lowest BCUT2D eigenvalue weighted by Gasteiger charge is -2.27. The quantitative estimate of drug-likeness (QED) is 0.352. The average Bonchev–Trinajstić information content (AvgIpc) is 3.50. The van der Waals surface area contributed by atoms with Crippen molar-refractivity contribution in [1.82, 2.24) is 19.9 Å². The van der Waals surface area contributed by atoms with E-state index in [4.69, 9.17) is 21.3 Å². The van der Waals surface area contributed by atoms with Gasteiger partial charge in [-0.25, -0.2) is 9.50 Å². The molecule has 1 saturated heterocycles. The minimum absolute atomic E-state index is 0.0995. The maximum absolute atomic E-state index is 12.9. The van der Waals surface area contributed by atoms with Crippen LogP contribution in [0.1, 0.15) is 43.1 Å². The van der Waals surface area contributed by atoms with Crippen LogP contribution in [0.25, 0.3) is 16.6 Å². The number of aromatic nitrogens is 3. The van der Waals surface area contributed by atoms with Gasteiger partial charge in [-0.05, 0) is 57.5 Å². The second-order valence-corrected chi connectivity index (χ2v) is 11.1. The summed E-state index contributed by atoms with van der Waals surface area (Å²) in [5.41, 5.74) is 1.65. The highest BCUT2D eigenvalue weighted by Gasteiger charge is 2.36. The first-order valence-electron chi connectivity index (χ1n) is 12.6. The predicted molar refractivity (Wildman–Crippen MR) is 149 cm³/mol. The third kappa shape index (κ3) is 5.67. The highest BCUT2D eigenvalue weighted by Crippen LogP contribution is 2.33. The Morgan fingerprint density at radius 3 is 2.77 bits per heavy atom. The van der Waals surface area contributed by atoms with Crippen molar-refractivity contribution in [1.29, 1.82) is 5.26 Å². The van der Waals surface area contributed by atoms with Crippen LogP contribution in [0.2, 0.25) is 5.02 Å². The van der Waals surface area contributed by atoms with Gasteiger partial charge in [0, 0.05) is 30.4 Å². The Balaban J connectivity index is 1.37. The normalized spacial score (nSPS) is 17.3. The van der Waals surface area contributed by atoms with E-state index in [2.05, 4.69) is 21.4 Å². The summed E-state index contributed by atoms with van der Waals surface area (Å²) >= 11 is 6.21. The van der Waals surface area contributed by atoms with Gasteiger partial charge in [-0.1, -0.05) is 23.7 Å². The molecule has 5 rings (SSSR count). The van der Waals surface area contributed by atoms with Crippen molar-refractivity contribution in [2.24, 2.45) is 0 Å². The fraction of sp³-hybridized carbons (Fsp3) is 0.310. The summed E-state index contributed by atoms with van der Waals surface area (Å²) in [5.74, 6) is 1.10. The summed E-state index contributed by atoms with van der Waals surface area (Å²) in [7, 11) is 0. The van der Waals surface area contributed by atoms with E-state index < -0.39 is 11.1 Å². The second kappa shape index (κ2) is 10.2. The van der Waals surface area contributed by atoms with Gasteiger partial charge in [0.05, 0.1) is 45.2 Å². The van der Waals surface area contributed by atoms with Crippen LogP contribution in [0.4, 0.5) is 5.82 Å². The van der Waals surface area contributed by atoms with Crippen LogP contribution in [0.3, 0.4) is 0 Å². The van der Waals surface area contributed by atoms with Gasteiger partial charge >= 0.3 is 0 Å². The predicted octanol–water partition coefficient (Wildman–Crippen LogP) is 4.47. The number of fused-ring (bicyclic) bond motifs is 1. The first-order valence-corrected chi connectivity index (χ1v) is 13.0. The van der Waals surface area contributed by atoms with Crippen LogP contribution in [0, 0.1) is 11.3 Å². The van der Waals surface area contributed by atoms with Gasteiger partial charge in [-0.3, -0.25) is 4.79 Å². The van der Waals surface area contributed by atoms with Crippen LogP contribution in [0.5, 0.6) is 5.75 Å². The topological polar surface area (TPSA) is 116 Å². The SMILES string of the molecule is CC(C)(O)COc1cc(-c2ccc(N3CCC(C)(NC(=O)c4ccccc4Cl)C3)nc2)c2c(C#N)cnn2c1. The number of carbonyl (C=O) groups excluding carboxylic acids is 1. The molecule has 3 aromatic heterocycles. The molecule has 0 saturated carbocycles. The van der Waals surface area contributed by atoms with Gasteiger partial charge in [0.25, 0.3) is 5.91 Å². The minimum Gasteiger partial charge on any atom is -0.489 e. The van der Waals surface area contributed by atoms with Crippen LogP contribution in [-0.4, -0.2) is 56.4 Å². The molecule has 39 heavy (non-hydrogen) atoms. The molecule has 0 spiro atoms. The number of benzene rings is 1. The molecule has 200 valence electrons. The van der Waals surface area contributed by atoms with Crippen molar-refractivity contribution >= 4 is 28.8 Å². The molecular formula is C29H29ClN6O3. The van der Waals surface area contributed by atoms with E-state index in [1.54, 1.807) is 55.0 Å². The van der Waals surface area contributed by atoms with Gasteiger partial charge in [-0.2, -0.15) is 10.4 Å². The number of hydrogen-bond acceptors (Lipinski definition) is 7. The molecule has 2 N–H and O–H groups in total. The van der Waals surface area contributed by atoms with Crippen molar-refractivity contribution in [3.05, 3.63) is 77.2 Å². The van der Waals surface area contributed by atoms with E-state index in [1.165, 1.54) is 6.20 Å². The van der Waals surface area contributed by atoms with Crippen molar-refractivity contribution in [3.63, 3.8) is 0 Å². The number of amides is 1. The van der Waals surface area contributed by atoms with Gasteiger partial charge in [-0.15, -0.1) is 0 Å². The molecule has 1 atom stereocenters. The molecule has 9 nitrogen and oxygen atoms in total. The molecule has 10 heteroatoms. The van der Waals surface area contributed by atoms with Crippen LogP contribution < -0.4 is 15.0 Å². The minimum atomic E-state index is -1.00. The number of nitrogens with one attached hydrogen (secondary N) is 1. The Morgan fingerprint density at radius 1 is 1.28 bits per heavy atom. The fourth-order valence-corrected chi connectivity index (χ4v) is 4.94. The van der Waals surface area contributed by atoms with E-state index in [0.717, 1.165) is 29.9 Å². The molecule has 1 aromatic carbocycles. The third-order valence-electron chi connectivity index (χ3n) is 6.69. The Bertz CT molecular complexity index is 1570. The average molecular weight is 545 g/mol. The molecule has 0 radical (unpaired) electrons. The standard InChI is InChI=1S/C29H29ClN6O3/c1-28(2,38)18-39-21-12-23(26-20(13-31)15-33-36(26)16-21)19-8-9-25(32-14-19)35-11-10-29(3,17-35)34-27(37)22-6-4-5-7-24(22)30/h4-9,12,14-16,38H,10-11,17-18H2,1-3H3,(H,34,37). The lowest BCUT2D eigenvalue weighted by atomic mass is 10.0. The van der Waals surface area contributed by atoms with Crippen LogP contribution >= 0.6 is 11.6 Å². The summed E-state index contributed by atoms with van der Waals surface area (Å²) in [4.78, 5) is 19.7. The molecule has 1 aliphatic heterocycles. The summed E-state index contributed by atoms with van der Waals surface area (Å²) in [6.45, 7) is 6.79. The van der Waals surface area contributed by atoms with Crippen molar-refractivity contribution in [3.8, 4) is 22.9 Å². The summed E-state index contributed by atoms with van der Waals surface area (Å²) in [6.07, 6.45) is 5.73. The molecule has 1 aliphatic rings. The molecule has 4 heterocycles. The maximum atomic E-state index is 12.9. The number of halogens is 1. The Hall–Kier alpha value is -4.13. The number of aliphatic hydroxyl groups is 1. The highest BCUT2D eigenvalue weighted by atomic mass is 35.5. The number of nitrogens with zero attached hydrogens (tertiary/aromatic N) is 5. The van der Waals surface area contributed by atoms with E-state index >= 15 is 0 Å². The monoisotopic (exact) mass is 544 g/mol. The second-order valence-electron chi connectivity index (χ2n) is 10.7. The fourth-order valence-electron chi connectivity index (χ4n) is 4.72. The Kier molecular flexibility index (Phi) is 6.93. The number of carbonyl (C=O) groups is 1. The zero-order chi connectivity index (χ0) is 27.8. The van der Waals surface area contributed by atoms with Crippen molar-refractivity contribution < 1.29 is 14.6 Å². The number of anilines is 1. The number of hydrogen-bond donors (Lipinski definition) is 2. The molecule has 0 bridgehead atoms. The van der Waals surface area contributed by atoms with Crippen molar-refractivity contribution in [2.75, 3.05) is 24.6 Å². The van der Waals surface area contributed by atoms with E-state index in [0.29, 0.717) is 34.0 Å². The van der Waals surface area contributed by atoms with Crippen molar-refractivity contribution in [2.45, 2.75) is 38.3 Å². The largest absolute Gasteiger partial charge is 0.489 e. The number of rotatable bonds is 7. The summed E-state index contributed by atoms with van der Waals surface area (Å²) in [6, 6.07) is 14.9. The zero-order valence-electron chi connectivity index (χ0n) is 22.0.